The average molecular weight is 900 g/mol. The molecule has 0 radical (unpaired) electrons. The molecule has 2 unspecified atom stereocenters. The lowest BCUT2D eigenvalue weighted by Gasteiger charge is -2.27. The van der Waals surface area contributed by atoms with Crippen molar-refractivity contribution in [3.05, 3.63) is 107 Å². The van der Waals surface area contributed by atoms with E-state index < -0.39 is 77.6 Å². The Bertz CT molecular complexity index is 2360. The zero-order valence-corrected chi connectivity index (χ0v) is 36.6. The number of aromatic carboxylic acids is 2. The Morgan fingerprint density at radius 3 is 1.88 bits per heavy atom. The number of carboxylic acids is 5. The van der Waals surface area contributed by atoms with E-state index in [9.17, 15) is 58.8 Å². The number of aliphatic carboxylic acids is 3. The van der Waals surface area contributed by atoms with Crippen molar-refractivity contribution in [3.8, 4) is 0 Å². The Morgan fingerprint density at radius 2 is 1.28 bits per heavy atom. The van der Waals surface area contributed by atoms with Gasteiger partial charge < -0.3 is 45.8 Å². The molecule has 2 amide bonds. The highest BCUT2D eigenvalue weighted by molar-refractivity contribution is 6.04. The number of benzene rings is 2. The fourth-order valence-electron chi connectivity index (χ4n) is 7.91. The van der Waals surface area contributed by atoms with Gasteiger partial charge in [-0.1, -0.05) is 44.2 Å². The van der Waals surface area contributed by atoms with Gasteiger partial charge in [0, 0.05) is 60.3 Å². The number of hydrogen-bond acceptors (Lipinski definition) is 10. The molecule has 65 heavy (non-hydrogen) atoms. The quantitative estimate of drug-likeness (QED) is 0.0301. The van der Waals surface area contributed by atoms with Gasteiger partial charge in [-0.15, -0.1) is 0 Å². The van der Waals surface area contributed by atoms with Crippen LogP contribution < -0.4 is 15.5 Å². The summed E-state index contributed by atoms with van der Waals surface area (Å²) in [5, 5.41) is 51.6. The molecule has 0 saturated heterocycles. The highest BCUT2D eigenvalue weighted by Crippen LogP contribution is 2.48. The molecule has 18 nitrogen and oxygen atoms in total. The predicted octanol–water partition coefficient (Wildman–Crippen LogP) is 4.94. The van der Waals surface area contributed by atoms with Crippen molar-refractivity contribution in [3.63, 3.8) is 0 Å². The first-order chi connectivity index (χ1) is 30.7. The Labute approximate surface area is 375 Å². The number of nitrogens with zero attached hydrogens (tertiary/aromatic N) is 2. The molecule has 346 valence electrons. The summed E-state index contributed by atoms with van der Waals surface area (Å²) in [6.07, 6.45) is 14.1. The maximum atomic E-state index is 12.5. The van der Waals surface area contributed by atoms with Gasteiger partial charge in [0.1, 0.15) is 19.2 Å². The second kappa shape index (κ2) is 22.3. The third-order valence-corrected chi connectivity index (χ3v) is 11.3. The van der Waals surface area contributed by atoms with Crippen molar-refractivity contribution in [1.82, 2.24) is 10.6 Å². The summed E-state index contributed by atoms with van der Waals surface area (Å²) in [6, 6.07) is 6.98. The summed E-state index contributed by atoms with van der Waals surface area (Å²) < 4.78 is 6.56. The first-order valence-corrected chi connectivity index (χ1v) is 20.9. The first kappa shape index (κ1) is 50.3. The smallest absolute Gasteiger partial charge is 0.335 e. The van der Waals surface area contributed by atoms with Gasteiger partial charge in [-0.3, -0.25) is 19.2 Å². The monoisotopic (exact) mass is 899 g/mol. The fraction of sp³-hybridized carbons (Fsp3) is 0.383. The van der Waals surface area contributed by atoms with E-state index in [0.717, 1.165) is 33.9 Å². The van der Waals surface area contributed by atoms with Crippen molar-refractivity contribution in [2.24, 2.45) is 0 Å². The van der Waals surface area contributed by atoms with Gasteiger partial charge in [0.25, 0.3) is 6.47 Å². The normalized spacial score (nSPS) is 16.4. The molecule has 0 saturated carbocycles. The molecule has 18 heteroatoms. The molecule has 0 fully saturated rings. The number of ether oxygens (including phenoxy) is 1. The van der Waals surface area contributed by atoms with Crippen LogP contribution in [0, 0.1) is 0 Å². The third kappa shape index (κ3) is 12.9. The van der Waals surface area contributed by atoms with E-state index in [-0.39, 0.29) is 30.4 Å². The maximum absolute atomic E-state index is 12.5. The summed E-state index contributed by atoms with van der Waals surface area (Å²) in [5.41, 5.74) is 4.07. The summed E-state index contributed by atoms with van der Waals surface area (Å²) in [4.78, 5) is 95.1. The van der Waals surface area contributed by atoms with E-state index in [1.165, 1.54) is 12.1 Å². The van der Waals surface area contributed by atoms with Crippen molar-refractivity contribution in [2.45, 2.75) is 95.6 Å². The lowest BCUT2D eigenvalue weighted by molar-refractivity contribution is -0.438. The topological polar surface area (TPSA) is 277 Å². The molecular formula is C47H55N4O14+. The van der Waals surface area contributed by atoms with Gasteiger partial charge in [0.2, 0.25) is 17.5 Å². The maximum Gasteiger partial charge on any atom is 0.335 e. The standard InChI is InChI=1S/C47H54N4O14/c1-46(2)31-24-29(42(57)58)18-20-35(31)50(22-12-10-16-39(53)48-33(44(61)62)26-41(55)56)37(46)14-8-6-5-7-9-15-38-47(3,4)32-25-30(43(59)60)19-21-36(32)51(38)23-13-11-17-40(54)49-34(45(63)64)27-65-28-52/h5-9,14-15,18-21,24-25,28,33-34H,10-13,16-17,22-23,26-27H2,1-4H3,(H6-,48,49,53,54,55,56,57,58,59,60,61,62,63,64)/p+1. The lowest BCUT2D eigenvalue weighted by atomic mass is 9.81. The Hall–Kier alpha value is -7.37. The molecule has 2 aromatic carbocycles. The van der Waals surface area contributed by atoms with Crippen molar-refractivity contribution in [1.29, 1.82) is 0 Å². The second-order valence-electron chi connectivity index (χ2n) is 16.6. The minimum Gasteiger partial charge on any atom is -0.481 e. The van der Waals surface area contributed by atoms with Crippen LogP contribution in [0.3, 0.4) is 0 Å². The van der Waals surface area contributed by atoms with Gasteiger partial charge in [-0.05, 0) is 75.1 Å². The third-order valence-electron chi connectivity index (χ3n) is 11.3. The van der Waals surface area contributed by atoms with Gasteiger partial charge in [0.05, 0.1) is 23.0 Å². The van der Waals surface area contributed by atoms with E-state index >= 15 is 0 Å². The number of unbranched alkanes of at least 4 members (excludes halogenated alkanes) is 2. The molecule has 2 aliphatic heterocycles. The van der Waals surface area contributed by atoms with E-state index in [1.54, 1.807) is 24.3 Å². The summed E-state index contributed by atoms with van der Waals surface area (Å²) in [6.45, 7) is 8.48. The number of carbonyl (C=O) groups excluding carboxylic acids is 3. The minimum atomic E-state index is -1.54. The number of carbonyl (C=O) groups is 8. The van der Waals surface area contributed by atoms with Crippen LogP contribution in [0.2, 0.25) is 0 Å². The summed E-state index contributed by atoms with van der Waals surface area (Å²) >= 11 is 0. The number of anilines is 1. The minimum absolute atomic E-state index is 0.0248. The molecule has 2 heterocycles. The van der Waals surface area contributed by atoms with E-state index in [4.69, 9.17) is 5.11 Å². The highest BCUT2D eigenvalue weighted by atomic mass is 16.5. The summed E-state index contributed by atoms with van der Waals surface area (Å²) in [5.74, 6) is -7.33. The number of allylic oxidation sites excluding steroid dienone is 8. The molecule has 0 bridgehead atoms. The molecular weight excluding hydrogens is 845 g/mol. The summed E-state index contributed by atoms with van der Waals surface area (Å²) in [7, 11) is 0. The van der Waals surface area contributed by atoms with Crippen LogP contribution in [0.1, 0.15) is 104 Å². The van der Waals surface area contributed by atoms with Crippen LogP contribution in [-0.4, -0.2) is 116 Å². The number of hydrogen-bond donors (Lipinski definition) is 7. The first-order valence-electron chi connectivity index (χ1n) is 20.9. The van der Waals surface area contributed by atoms with Crippen LogP contribution in [0.4, 0.5) is 11.4 Å². The van der Waals surface area contributed by atoms with E-state index in [1.807, 2.05) is 70.2 Å². The van der Waals surface area contributed by atoms with Gasteiger partial charge in [-0.25, -0.2) is 19.2 Å². The van der Waals surface area contributed by atoms with Gasteiger partial charge in [-0.2, -0.15) is 4.58 Å². The van der Waals surface area contributed by atoms with Crippen LogP contribution in [0.25, 0.3) is 0 Å². The van der Waals surface area contributed by atoms with Gasteiger partial charge >= 0.3 is 29.8 Å². The number of fused-ring (bicyclic) bond motifs is 2. The SMILES string of the molecule is CC1(C)C(=CC=CC=CC=CC2=[N+](CCCCC(=O)NC(CC(=O)O)C(=O)O)c3ccc(C(=O)O)cc3C2(C)C)N(CCCCC(=O)NC(COC=O)C(=O)O)c2ccc(C(=O)O)cc21. The molecule has 2 atom stereocenters. The van der Waals surface area contributed by atoms with E-state index in [2.05, 4.69) is 24.8 Å². The largest absolute Gasteiger partial charge is 0.481 e. The second-order valence-corrected chi connectivity index (χ2v) is 16.6. The fourth-order valence-corrected chi connectivity index (χ4v) is 7.91. The Balaban J connectivity index is 1.51. The number of carboxylic acid groups (broad SMARTS) is 5. The zero-order chi connectivity index (χ0) is 48.1. The molecule has 7 N–H and O–H groups in total. The Kier molecular flexibility index (Phi) is 17.3. The number of amides is 2. The number of rotatable bonds is 25. The van der Waals surface area contributed by atoms with Gasteiger partial charge in [0.15, 0.2) is 11.8 Å². The Morgan fingerprint density at radius 1 is 0.708 bits per heavy atom. The molecule has 0 aliphatic carbocycles. The van der Waals surface area contributed by atoms with Crippen LogP contribution in [0.15, 0.2) is 84.6 Å². The van der Waals surface area contributed by atoms with Crippen molar-refractivity contribution < 1.29 is 73.2 Å². The van der Waals surface area contributed by atoms with Crippen LogP contribution in [0.5, 0.6) is 0 Å². The van der Waals surface area contributed by atoms with Crippen molar-refractivity contribution >= 4 is 65.2 Å². The molecule has 4 rings (SSSR count). The molecule has 2 aliphatic rings. The van der Waals surface area contributed by atoms with E-state index in [0.29, 0.717) is 38.8 Å². The highest BCUT2D eigenvalue weighted by Gasteiger charge is 2.45. The van der Waals surface area contributed by atoms with Crippen molar-refractivity contribution in [2.75, 3.05) is 24.6 Å². The van der Waals surface area contributed by atoms with Crippen LogP contribution in [-0.2, 0) is 44.3 Å². The lowest BCUT2D eigenvalue weighted by Crippen LogP contribution is -2.43. The van der Waals surface area contributed by atoms with Crippen LogP contribution >= 0.6 is 0 Å². The zero-order valence-electron chi connectivity index (χ0n) is 36.6. The molecule has 2 aromatic rings. The average Bonchev–Trinajstić information content (AvgIpc) is 3.58. The molecule has 0 aromatic heterocycles. The number of nitrogens with one attached hydrogen (secondary N) is 2. The predicted molar refractivity (Wildman–Crippen MR) is 237 cm³/mol. The molecule has 0 spiro atoms.